The number of oxime groups is 1. The average Bonchev–Trinajstić information content (AvgIpc) is 3.51. The molecule has 162 valence electrons. The number of Topliss-reactive ketones (excluding diaryl/α,β-unsaturated/α-hetero) is 1. The largest absolute Gasteiger partial charge is 0.385 e. The van der Waals surface area contributed by atoms with Crippen LogP contribution < -0.4 is 0 Å². The Bertz CT molecular complexity index is 1190. The lowest BCUT2D eigenvalue weighted by Gasteiger charge is -2.11. The van der Waals surface area contributed by atoms with Crippen molar-refractivity contribution in [1.82, 2.24) is 4.98 Å². The van der Waals surface area contributed by atoms with Crippen molar-refractivity contribution in [3.63, 3.8) is 0 Å². The molecular formula is C27H25FN2O2. The fraction of sp³-hybridized carbons (Fsp3) is 0.296. The minimum absolute atomic E-state index is 0.0910. The Kier molecular flexibility index (Phi) is 5.56. The first kappa shape index (κ1) is 20.6. The number of ketones is 1. The predicted octanol–water partition coefficient (Wildman–Crippen LogP) is 6.43. The molecule has 5 rings (SSSR count). The van der Waals surface area contributed by atoms with Crippen molar-refractivity contribution in [1.29, 1.82) is 0 Å². The number of benzene rings is 2. The Morgan fingerprint density at radius 3 is 2.69 bits per heavy atom. The maximum atomic E-state index is 14.8. The van der Waals surface area contributed by atoms with Crippen molar-refractivity contribution in [2.75, 3.05) is 0 Å². The van der Waals surface area contributed by atoms with E-state index >= 15 is 0 Å². The summed E-state index contributed by atoms with van der Waals surface area (Å²) in [7, 11) is 0. The Morgan fingerprint density at radius 1 is 1.09 bits per heavy atom. The van der Waals surface area contributed by atoms with E-state index in [1.807, 2.05) is 43.3 Å². The van der Waals surface area contributed by atoms with E-state index in [9.17, 15) is 9.18 Å². The molecule has 1 aliphatic heterocycles. The van der Waals surface area contributed by atoms with Gasteiger partial charge in [0.05, 0.1) is 11.4 Å². The monoisotopic (exact) mass is 428 g/mol. The molecule has 2 heterocycles. The number of carbonyl (C=O) groups is 1. The van der Waals surface area contributed by atoms with Crippen LogP contribution in [0, 0.1) is 18.7 Å². The van der Waals surface area contributed by atoms with E-state index < -0.39 is 0 Å². The van der Waals surface area contributed by atoms with Crippen LogP contribution in [0.5, 0.6) is 0 Å². The Labute approximate surface area is 187 Å². The van der Waals surface area contributed by atoms with Crippen LogP contribution >= 0.6 is 0 Å². The van der Waals surface area contributed by atoms with Crippen LogP contribution in [0.15, 0.2) is 65.9 Å². The Balaban J connectivity index is 1.48. The third kappa shape index (κ3) is 4.47. The molecule has 1 fully saturated rings. The maximum Gasteiger partial charge on any atom is 0.174 e. The number of pyridine rings is 1. The second-order valence-corrected chi connectivity index (χ2v) is 8.78. The molecule has 32 heavy (non-hydrogen) atoms. The third-order valence-corrected chi connectivity index (χ3v) is 6.19. The summed E-state index contributed by atoms with van der Waals surface area (Å²) in [5.74, 6) is 0.477. The molecule has 0 spiro atoms. The van der Waals surface area contributed by atoms with E-state index in [4.69, 9.17) is 4.84 Å². The average molecular weight is 429 g/mol. The van der Waals surface area contributed by atoms with E-state index in [0.29, 0.717) is 35.4 Å². The summed E-state index contributed by atoms with van der Waals surface area (Å²) in [6, 6.07) is 16.4. The van der Waals surface area contributed by atoms with Gasteiger partial charge in [0.2, 0.25) is 0 Å². The molecule has 3 aromatic rings. The highest BCUT2D eigenvalue weighted by Gasteiger charge is 2.27. The van der Waals surface area contributed by atoms with Gasteiger partial charge in [-0.25, -0.2) is 4.39 Å². The van der Waals surface area contributed by atoms with Gasteiger partial charge in [-0.15, -0.1) is 0 Å². The predicted molar refractivity (Wildman–Crippen MR) is 122 cm³/mol. The van der Waals surface area contributed by atoms with E-state index in [-0.39, 0.29) is 17.7 Å². The molecule has 0 bridgehead atoms. The number of aryl methyl sites for hydroxylation is 1. The van der Waals surface area contributed by atoms with Crippen molar-refractivity contribution in [2.45, 2.75) is 45.1 Å². The molecule has 1 saturated carbocycles. The van der Waals surface area contributed by atoms with Gasteiger partial charge in [-0.2, -0.15) is 0 Å². The van der Waals surface area contributed by atoms with Gasteiger partial charge in [0.15, 0.2) is 11.9 Å². The highest BCUT2D eigenvalue weighted by Crippen LogP contribution is 2.35. The van der Waals surface area contributed by atoms with Crippen LogP contribution in [0.1, 0.15) is 65.4 Å². The quantitative estimate of drug-likeness (QED) is 0.407. The lowest BCUT2D eigenvalue weighted by molar-refractivity contribution is 0.0826. The van der Waals surface area contributed by atoms with Gasteiger partial charge in [0.1, 0.15) is 5.82 Å². The molecule has 5 heteroatoms. The van der Waals surface area contributed by atoms with E-state index in [2.05, 4.69) is 10.1 Å². The van der Waals surface area contributed by atoms with Crippen LogP contribution in [0.2, 0.25) is 0 Å². The van der Waals surface area contributed by atoms with Gasteiger partial charge >= 0.3 is 0 Å². The van der Waals surface area contributed by atoms with Crippen molar-refractivity contribution >= 4 is 11.5 Å². The second-order valence-electron chi connectivity index (χ2n) is 8.78. The van der Waals surface area contributed by atoms with Crippen LogP contribution in [0.3, 0.4) is 0 Å². The number of hydrogen-bond acceptors (Lipinski definition) is 4. The standard InChI is InChI=1S/C27H25FN2O2/c1-17-5-9-22(23(28)12-17)19-13-20(15-21(14-19)26(31)10-8-18-6-7-18)25-16-27(32-30-25)24-4-2-3-11-29-24/h2-5,9,11-15,18,27H,6-8,10,16H2,1H3. The second kappa shape index (κ2) is 8.65. The molecule has 1 aliphatic carbocycles. The molecule has 0 N–H and O–H groups in total. The van der Waals surface area contributed by atoms with Gasteiger partial charge in [-0.3, -0.25) is 9.78 Å². The Morgan fingerprint density at radius 2 is 1.94 bits per heavy atom. The molecule has 1 atom stereocenters. The summed E-state index contributed by atoms with van der Waals surface area (Å²) in [6.45, 7) is 1.86. The minimum atomic E-state index is -0.297. The first-order valence-electron chi connectivity index (χ1n) is 11.2. The van der Waals surface area contributed by atoms with Crippen molar-refractivity contribution in [3.8, 4) is 11.1 Å². The molecule has 2 aromatic carbocycles. The topological polar surface area (TPSA) is 51.5 Å². The van der Waals surface area contributed by atoms with Crippen LogP contribution in [-0.4, -0.2) is 16.5 Å². The lowest BCUT2D eigenvalue weighted by Crippen LogP contribution is -2.06. The first-order chi connectivity index (χ1) is 15.6. The number of aromatic nitrogens is 1. The lowest BCUT2D eigenvalue weighted by atomic mass is 9.92. The number of rotatable bonds is 7. The molecule has 4 nitrogen and oxygen atoms in total. The first-order valence-corrected chi connectivity index (χ1v) is 11.2. The van der Waals surface area contributed by atoms with Crippen LogP contribution in [-0.2, 0) is 4.84 Å². The fourth-order valence-electron chi connectivity index (χ4n) is 4.12. The van der Waals surface area contributed by atoms with E-state index in [1.54, 1.807) is 18.3 Å². The SMILES string of the molecule is Cc1ccc(-c2cc(C(=O)CCC3CC3)cc(C3=NOC(c4ccccn4)C3)c2)c(F)c1. The van der Waals surface area contributed by atoms with Crippen LogP contribution in [0.4, 0.5) is 4.39 Å². The van der Waals surface area contributed by atoms with Crippen molar-refractivity contribution in [2.24, 2.45) is 11.1 Å². The number of halogens is 1. The molecule has 0 amide bonds. The molecule has 0 radical (unpaired) electrons. The highest BCUT2D eigenvalue weighted by molar-refractivity contribution is 6.05. The fourth-order valence-corrected chi connectivity index (χ4v) is 4.12. The summed E-state index contributed by atoms with van der Waals surface area (Å²) in [6.07, 6.45) is 5.89. The van der Waals surface area contributed by atoms with Crippen molar-refractivity contribution in [3.05, 3.63) is 89.0 Å². The highest BCUT2D eigenvalue weighted by atomic mass is 19.1. The molecular weight excluding hydrogens is 403 g/mol. The normalized spacial score (nSPS) is 17.7. The Hall–Kier alpha value is -3.34. The summed E-state index contributed by atoms with van der Waals surface area (Å²) in [4.78, 5) is 23.0. The van der Waals surface area contributed by atoms with Crippen LogP contribution in [0.25, 0.3) is 11.1 Å². The zero-order chi connectivity index (χ0) is 22.1. The van der Waals surface area contributed by atoms with Gasteiger partial charge in [0, 0.05) is 35.7 Å². The molecule has 1 unspecified atom stereocenters. The van der Waals surface area contributed by atoms with Gasteiger partial charge in [0.25, 0.3) is 0 Å². The van der Waals surface area contributed by atoms with Gasteiger partial charge < -0.3 is 4.84 Å². The molecule has 1 aromatic heterocycles. The zero-order valence-corrected chi connectivity index (χ0v) is 18.1. The number of hydrogen-bond donors (Lipinski definition) is 0. The molecule has 0 saturated heterocycles. The molecule has 2 aliphatic rings. The summed E-state index contributed by atoms with van der Waals surface area (Å²) >= 11 is 0. The maximum absolute atomic E-state index is 14.8. The summed E-state index contributed by atoms with van der Waals surface area (Å²) < 4.78 is 14.8. The van der Waals surface area contributed by atoms with E-state index in [0.717, 1.165) is 29.0 Å². The number of carbonyl (C=O) groups excluding carboxylic acids is 1. The van der Waals surface area contributed by atoms with Crippen molar-refractivity contribution < 1.29 is 14.0 Å². The minimum Gasteiger partial charge on any atom is -0.385 e. The van der Waals surface area contributed by atoms with Gasteiger partial charge in [-0.1, -0.05) is 36.2 Å². The smallest absolute Gasteiger partial charge is 0.174 e. The summed E-state index contributed by atoms with van der Waals surface area (Å²) in [5, 5.41) is 4.29. The zero-order valence-electron chi connectivity index (χ0n) is 18.1. The third-order valence-electron chi connectivity index (χ3n) is 6.19. The van der Waals surface area contributed by atoms with E-state index in [1.165, 1.54) is 18.9 Å². The van der Waals surface area contributed by atoms with Gasteiger partial charge in [-0.05, 0) is 66.8 Å². The summed E-state index contributed by atoms with van der Waals surface area (Å²) in [5.41, 5.74) is 4.96. The number of nitrogens with zero attached hydrogens (tertiary/aromatic N) is 2.